The SMILES string of the molecule is NNC(c1ccccc1)c1cc(F)ccc1N. The van der Waals surface area contributed by atoms with E-state index in [1.54, 1.807) is 0 Å². The molecular formula is C13H14FN3. The molecule has 1 unspecified atom stereocenters. The van der Waals surface area contributed by atoms with E-state index in [1.165, 1.54) is 18.2 Å². The Kier molecular flexibility index (Phi) is 3.37. The first kappa shape index (κ1) is 11.6. The Bertz CT molecular complexity index is 499. The van der Waals surface area contributed by atoms with Crippen molar-refractivity contribution in [1.82, 2.24) is 5.43 Å². The summed E-state index contributed by atoms with van der Waals surface area (Å²) in [6, 6.07) is 13.5. The van der Waals surface area contributed by atoms with Gasteiger partial charge in [0.25, 0.3) is 0 Å². The summed E-state index contributed by atoms with van der Waals surface area (Å²) in [5.74, 6) is 5.20. The molecule has 0 bridgehead atoms. The highest BCUT2D eigenvalue weighted by molar-refractivity contribution is 5.51. The molecule has 0 saturated carbocycles. The Morgan fingerprint density at radius 2 is 1.76 bits per heavy atom. The first-order chi connectivity index (χ1) is 8.22. The van der Waals surface area contributed by atoms with Crippen LogP contribution in [0.1, 0.15) is 17.2 Å². The van der Waals surface area contributed by atoms with Crippen molar-refractivity contribution in [1.29, 1.82) is 0 Å². The molecule has 2 aromatic carbocycles. The molecule has 0 saturated heterocycles. The number of rotatable bonds is 3. The lowest BCUT2D eigenvalue weighted by Crippen LogP contribution is -2.29. The molecule has 2 rings (SSSR count). The van der Waals surface area contributed by atoms with Crippen molar-refractivity contribution in [3.8, 4) is 0 Å². The van der Waals surface area contributed by atoms with Crippen molar-refractivity contribution in [3.05, 3.63) is 65.5 Å². The monoisotopic (exact) mass is 231 g/mol. The van der Waals surface area contributed by atoms with Crippen LogP contribution in [0, 0.1) is 5.82 Å². The fourth-order valence-corrected chi connectivity index (χ4v) is 1.81. The molecule has 0 heterocycles. The van der Waals surface area contributed by atoms with Gasteiger partial charge in [0.15, 0.2) is 0 Å². The second-order valence-electron chi connectivity index (χ2n) is 3.78. The third-order valence-corrected chi connectivity index (χ3v) is 2.66. The Labute approximate surface area is 99.2 Å². The van der Waals surface area contributed by atoms with E-state index < -0.39 is 0 Å². The Morgan fingerprint density at radius 1 is 1.06 bits per heavy atom. The summed E-state index contributed by atoms with van der Waals surface area (Å²) in [6.45, 7) is 0. The average Bonchev–Trinajstić information content (AvgIpc) is 2.36. The number of halogens is 1. The zero-order valence-corrected chi connectivity index (χ0v) is 9.23. The Balaban J connectivity index is 2.46. The zero-order valence-electron chi connectivity index (χ0n) is 9.23. The lowest BCUT2D eigenvalue weighted by molar-refractivity contribution is 0.606. The maximum absolute atomic E-state index is 13.2. The molecule has 2 aromatic rings. The van der Waals surface area contributed by atoms with Crippen LogP contribution in [0.4, 0.5) is 10.1 Å². The van der Waals surface area contributed by atoms with Crippen molar-refractivity contribution >= 4 is 5.69 Å². The number of hydrazine groups is 1. The lowest BCUT2D eigenvalue weighted by atomic mass is 9.98. The Morgan fingerprint density at radius 3 is 2.41 bits per heavy atom. The van der Waals surface area contributed by atoms with Crippen LogP contribution in [0.2, 0.25) is 0 Å². The van der Waals surface area contributed by atoms with E-state index in [0.717, 1.165) is 5.56 Å². The largest absolute Gasteiger partial charge is 0.398 e. The molecular weight excluding hydrogens is 217 g/mol. The summed E-state index contributed by atoms with van der Waals surface area (Å²) >= 11 is 0. The minimum atomic E-state index is -0.328. The highest BCUT2D eigenvalue weighted by Crippen LogP contribution is 2.26. The summed E-state index contributed by atoms with van der Waals surface area (Å²) in [5.41, 5.74) is 10.6. The van der Waals surface area contributed by atoms with Crippen molar-refractivity contribution in [2.75, 3.05) is 5.73 Å². The number of benzene rings is 2. The summed E-state index contributed by atoms with van der Waals surface area (Å²) in [6.07, 6.45) is 0. The van der Waals surface area contributed by atoms with Crippen LogP contribution in [0.15, 0.2) is 48.5 Å². The first-order valence-electron chi connectivity index (χ1n) is 5.28. The predicted molar refractivity (Wildman–Crippen MR) is 66.4 cm³/mol. The van der Waals surface area contributed by atoms with E-state index >= 15 is 0 Å². The molecule has 0 fully saturated rings. The zero-order chi connectivity index (χ0) is 12.3. The average molecular weight is 231 g/mol. The van der Waals surface area contributed by atoms with E-state index in [-0.39, 0.29) is 11.9 Å². The molecule has 0 aliphatic carbocycles. The smallest absolute Gasteiger partial charge is 0.123 e. The molecule has 5 N–H and O–H groups in total. The van der Waals surface area contributed by atoms with Crippen LogP contribution < -0.4 is 17.0 Å². The van der Waals surface area contributed by atoms with Crippen molar-refractivity contribution in [3.63, 3.8) is 0 Å². The van der Waals surface area contributed by atoms with Gasteiger partial charge in [0, 0.05) is 11.3 Å². The summed E-state index contributed by atoms with van der Waals surface area (Å²) in [4.78, 5) is 0. The maximum atomic E-state index is 13.2. The molecule has 0 spiro atoms. The van der Waals surface area contributed by atoms with Gasteiger partial charge in [-0.25, -0.2) is 9.82 Å². The van der Waals surface area contributed by atoms with Crippen molar-refractivity contribution in [2.45, 2.75) is 6.04 Å². The maximum Gasteiger partial charge on any atom is 0.123 e. The van der Waals surface area contributed by atoms with Gasteiger partial charge in [-0.2, -0.15) is 0 Å². The number of nitrogens with one attached hydrogen (secondary N) is 1. The van der Waals surface area contributed by atoms with Crippen LogP contribution in [0.25, 0.3) is 0 Å². The fraction of sp³-hybridized carbons (Fsp3) is 0.0769. The molecule has 0 amide bonds. The summed E-state index contributed by atoms with van der Waals surface area (Å²) in [5, 5.41) is 0. The third kappa shape index (κ3) is 2.43. The lowest BCUT2D eigenvalue weighted by Gasteiger charge is -2.18. The highest BCUT2D eigenvalue weighted by Gasteiger charge is 2.15. The second-order valence-corrected chi connectivity index (χ2v) is 3.78. The minimum absolute atomic E-state index is 0.313. The molecule has 0 aliphatic rings. The molecule has 0 radical (unpaired) electrons. The van der Waals surface area contributed by atoms with Gasteiger partial charge in [-0.05, 0) is 23.8 Å². The van der Waals surface area contributed by atoms with Gasteiger partial charge < -0.3 is 5.73 Å². The van der Waals surface area contributed by atoms with E-state index in [0.29, 0.717) is 11.3 Å². The van der Waals surface area contributed by atoms with Crippen molar-refractivity contribution in [2.24, 2.45) is 5.84 Å². The Hall–Kier alpha value is -1.91. The summed E-state index contributed by atoms with van der Waals surface area (Å²) < 4.78 is 13.2. The van der Waals surface area contributed by atoms with Gasteiger partial charge in [-0.3, -0.25) is 5.84 Å². The molecule has 4 heteroatoms. The van der Waals surface area contributed by atoms with Crippen molar-refractivity contribution < 1.29 is 4.39 Å². The molecule has 0 aromatic heterocycles. The van der Waals surface area contributed by atoms with Gasteiger partial charge in [0.1, 0.15) is 5.82 Å². The molecule has 0 aliphatic heterocycles. The van der Waals surface area contributed by atoms with Crippen LogP contribution in [0.3, 0.4) is 0 Å². The van der Waals surface area contributed by atoms with Crippen LogP contribution in [-0.4, -0.2) is 0 Å². The number of hydrogen-bond donors (Lipinski definition) is 3. The third-order valence-electron chi connectivity index (χ3n) is 2.66. The van der Waals surface area contributed by atoms with Crippen LogP contribution in [-0.2, 0) is 0 Å². The molecule has 17 heavy (non-hydrogen) atoms. The van der Waals surface area contributed by atoms with Crippen LogP contribution in [0.5, 0.6) is 0 Å². The number of anilines is 1. The standard InChI is InChI=1S/C13H14FN3/c14-10-6-7-12(15)11(8-10)13(17-16)9-4-2-1-3-5-9/h1-8,13,17H,15-16H2. The van der Waals surface area contributed by atoms with E-state index in [4.69, 9.17) is 11.6 Å². The van der Waals surface area contributed by atoms with E-state index in [2.05, 4.69) is 5.43 Å². The van der Waals surface area contributed by atoms with Crippen LogP contribution >= 0.6 is 0 Å². The van der Waals surface area contributed by atoms with Gasteiger partial charge in [-0.15, -0.1) is 0 Å². The van der Waals surface area contributed by atoms with Gasteiger partial charge in [0.05, 0.1) is 6.04 Å². The topological polar surface area (TPSA) is 64.1 Å². The second kappa shape index (κ2) is 4.95. The van der Waals surface area contributed by atoms with Gasteiger partial charge >= 0.3 is 0 Å². The normalized spacial score (nSPS) is 12.4. The van der Waals surface area contributed by atoms with Gasteiger partial charge in [0.2, 0.25) is 0 Å². The van der Waals surface area contributed by atoms with E-state index in [9.17, 15) is 4.39 Å². The van der Waals surface area contributed by atoms with E-state index in [1.807, 2.05) is 30.3 Å². The highest BCUT2D eigenvalue weighted by atomic mass is 19.1. The fourth-order valence-electron chi connectivity index (χ4n) is 1.81. The quantitative estimate of drug-likeness (QED) is 0.430. The minimum Gasteiger partial charge on any atom is -0.398 e. The predicted octanol–water partition coefficient (Wildman–Crippen LogP) is 1.96. The molecule has 1 atom stereocenters. The number of nitrogen functional groups attached to an aromatic ring is 1. The first-order valence-corrected chi connectivity index (χ1v) is 5.28. The summed E-state index contributed by atoms with van der Waals surface area (Å²) in [7, 11) is 0. The number of hydrogen-bond acceptors (Lipinski definition) is 3. The van der Waals surface area contributed by atoms with Gasteiger partial charge in [-0.1, -0.05) is 30.3 Å². The number of nitrogens with two attached hydrogens (primary N) is 2. The molecule has 88 valence electrons. The molecule has 3 nitrogen and oxygen atoms in total.